The fraction of sp³-hybridized carbons (Fsp3) is 0.333. The Morgan fingerprint density at radius 3 is 3.00 bits per heavy atom. The molecular formula is C9H11FN2O. The molecule has 1 aromatic heterocycles. The van der Waals surface area contributed by atoms with E-state index in [1.807, 2.05) is 6.92 Å². The van der Waals surface area contributed by atoms with Gasteiger partial charge in [0.05, 0.1) is 6.21 Å². The molecule has 1 heterocycles. The molecule has 0 saturated heterocycles. The highest BCUT2D eigenvalue weighted by atomic mass is 19.1. The van der Waals surface area contributed by atoms with Crippen LogP contribution >= 0.6 is 0 Å². The Kier molecular flexibility index (Phi) is 3.37. The van der Waals surface area contributed by atoms with E-state index in [2.05, 4.69) is 10.1 Å². The second-order valence-corrected chi connectivity index (χ2v) is 2.66. The molecule has 0 saturated carbocycles. The van der Waals surface area contributed by atoms with Gasteiger partial charge < -0.3 is 5.21 Å². The number of halogens is 1. The van der Waals surface area contributed by atoms with Crippen molar-refractivity contribution in [1.82, 2.24) is 4.98 Å². The molecule has 70 valence electrons. The van der Waals surface area contributed by atoms with E-state index in [0.29, 0.717) is 0 Å². The van der Waals surface area contributed by atoms with Crippen LogP contribution in [0.2, 0.25) is 0 Å². The Hall–Kier alpha value is -1.45. The Bertz CT molecular complexity index is 312. The van der Waals surface area contributed by atoms with Gasteiger partial charge in [-0.15, -0.1) is 0 Å². The van der Waals surface area contributed by atoms with Gasteiger partial charge in [0, 0.05) is 5.69 Å². The summed E-state index contributed by atoms with van der Waals surface area (Å²) in [6.07, 6.45) is 2.75. The number of nitrogens with zero attached hydrogens (tertiary/aromatic N) is 2. The molecule has 1 N–H and O–H groups in total. The monoisotopic (exact) mass is 182 g/mol. The highest BCUT2D eigenvalue weighted by Crippen LogP contribution is 2.05. The van der Waals surface area contributed by atoms with Crippen molar-refractivity contribution in [3.05, 3.63) is 29.3 Å². The number of pyridine rings is 1. The molecule has 0 radical (unpaired) electrons. The molecule has 0 bridgehead atoms. The predicted molar refractivity (Wildman–Crippen MR) is 47.6 cm³/mol. The molecule has 0 aliphatic heterocycles. The summed E-state index contributed by atoms with van der Waals surface area (Å²) in [5, 5.41) is 11.0. The summed E-state index contributed by atoms with van der Waals surface area (Å²) in [7, 11) is 0. The lowest BCUT2D eigenvalue weighted by atomic mass is 10.2. The molecule has 0 unspecified atom stereocenters. The molecular weight excluding hydrogens is 171 g/mol. The van der Waals surface area contributed by atoms with Gasteiger partial charge in [-0.25, -0.2) is 9.37 Å². The molecule has 0 aromatic carbocycles. The first kappa shape index (κ1) is 9.64. The van der Waals surface area contributed by atoms with Crippen LogP contribution in [0.4, 0.5) is 4.39 Å². The number of oxime groups is 1. The van der Waals surface area contributed by atoms with Crippen LogP contribution < -0.4 is 0 Å². The van der Waals surface area contributed by atoms with E-state index in [1.54, 1.807) is 6.07 Å². The van der Waals surface area contributed by atoms with Gasteiger partial charge in [0.25, 0.3) is 0 Å². The lowest BCUT2D eigenvalue weighted by molar-refractivity contribution is 0.321. The predicted octanol–water partition coefficient (Wildman–Crippen LogP) is 1.98. The smallest absolute Gasteiger partial charge is 0.150 e. The van der Waals surface area contributed by atoms with Crippen molar-refractivity contribution in [3.8, 4) is 0 Å². The van der Waals surface area contributed by atoms with Crippen molar-refractivity contribution in [2.75, 3.05) is 0 Å². The highest BCUT2D eigenvalue weighted by molar-refractivity contribution is 5.76. The van der Waals surface area contributed by atoms with Gasteiger partial charge in [-0.2, -0.15) is 0 Å². The van der Waals surface area contributed by atoms with Crippen molar-refractivity contribution in [2.24, 2.45) is 5.16 Å². The maximum Gasteiger partial charge on any atom is 0.150 e. The second-order valence-electron chi connectivity index (χ2n) is 2.66. The van der Waals surface area contributed by atoms with Crippen molar-refractivity contribution < 1.29 is 9.60 Å². The minimum absolute atomic E-state index is 0.0773. The molecule has 0 atom stereocenters. The van der Waals surface area contributed by atoms with E-state index in [9.17, 15) is 4.39 Å². The van der Waals surface area contributed by atoms with E-state index in [1.165, 1.54) is 6.07 Å². The molecule has 0 spiro atoms. The van der Waals surface area contributed by atoms with Crippen molar-refractivity contribution in [1.29, 1.82) is 0 Å². The molecule has 0 fully saturated rings. The molecule has 1 rings (SSSR count). The number of hydrogen-bond donors (Lipinski definition) is 1. The van der Waals surface area contributed by atoms with Gasteiger partial charge in [-0.05, 0) is 18.6 Å². The molecule has 13 heavy (non-hydrogen) atoms. The van der Waals surface area contributed by atoms with E-state index in [0.717, 1.165) is 24.8 Å². The SMILES string of the molecule is CCCc1ccc(F)c(/C=N/O)n1. The van der Waals surface area contributed by atoms with Crippen LogP contribution in [-0.2, 0) is 6.42 Å². The molecule has 4 heteroatoms. The molecule has 1 aromatic rings. The number of rotatable bonds is 3. The zero-order valence-electron chi connectivity index (χ0n) is 7.37. The van der Waals surface area contributed by atoms with Crippen LogP contribution in [0.15, 0.2) is 17.3 Å². The largest absolute Gasteiger partial charge is 0.411 e. The molecule has 0 aliphatic rings. The first-order valence-electron chi connectivity index (χ1n) is 4.10. The number of aromatic nitrogens is 1. The summed E-state index contributed by atoms with van der Waals surface area (Å²) in [6.45, 7) is 2.02. The third-order valence-electron chi connectivity index (χ3n) is 1.62. The first-order chi connectivity index (χ1) is 6.27. The van der Waals surface area contributed by atoms with Crippen molar-refractivity contribution in [2.45, 2.75) is 19.8 Å². The summed E-state index contributed by atoms with van der Waals surface area (Å²) < 4.78 is 12.9. The molecule has 0 amide bonds. The van der Waals surface area contributed by atoms with E-state index in [-0.39, 0.29) is 5.69 Å². The van der Waals surface area contributed by atoms with Gasteiger partial charge in [-0.3, -0.25) is 0 Å². The lowest BCUT2D eigenvalue weighted by Gasteiger charge is -1.99. The minimum atomic E-state index is -0.474. The topological polar surface area (TPSA) is 45.5 Å². The van der Waals surface area contributed by atoms with Crippen LogP contribution in [0.3, 0.4) is 0 Å². The zero-order chi connectivity index (χ0) is 9.68. The Labute approximate surface area is 75.9 Å². The first-order valence-corrected chi connectivity index (χ1v) is 4.10. The van der Waals surface area contributed by atoms with Crippen LogP contribution in [-0.4, -0.2) is 16.4 Å². The molecule has 0 aliphatic carbocycles. The Morgan fingerprint density at radius 1 is 1.62 bits per heavy atom. The Balaban J connectivity index is 2.96. The van der Waals surface area contributed by atoms with Crippen LogP contribution in [0.25, 0.3) is 0 Å². The Morgan fingerprint density at radius 2 is 2.38 bits per heavy atom. The van der Waals surface area contributed by atoms with Gasteiger partial charge in [-0.1, -0.05) is 18.5 Å². The van der Waals surface area contributed by atoms with Gasteiger partial charge in [0.15, 0.2) is 5.82 Å². The number of hydrogen-bond acceptors (Lipinski definition) is 3. The lowest BCUT2D eigenvalue weighted by Crippen LogP contribution is -1.98. The summed E-state index contributed by atoms with van der Waals surface area (Å²) in [5.41, 5.74) is 0.882. The fourth-order valence-corrected chi connectivity index (χ4v) is 1.04. The highest BCUT2D eigenvalue weighted by Gasteiger charge is 2.02. The normalized spacial score (nSPS) is 10.9. The fourth-order valence-electron chi connectivity index (χ4n) is 1.04. The number of aryl methyl sites for hydroxylation is 1. The maximum absolute atomic E-state index is 12.9. The van der Waals surface area contributed by atoms with Crippen molar-refractivity contribution in [3.63, 3.8) is 0 Å². The summed E-state index contributed by atoms with van der Waals surface area (Å²) in [5.74, 6) is -0.474. The standard InChI is InChI=1S/C9H11FN2O/c1-2-3-7-4-5-8(10)9(12-7)6-11-13/h4-6,13H,2-3H2,1H3/b11-6+. The van der Waals surface area contributed by atoms with Gasteiger partial charge >= 0.3 is 0 Å². The maximum atomic E-state index is 12.9. The van der Waals surface area contributed by atoms with Crippen LogP contribution in [0.5, 0.6) is 0 Å². The third-order valence-corrected chi connectivity index (χ3v) is 1.62. The summed E-state index contributed by atoms with van der Waals surface area (Å²) in [6, 6.07) is 2.96. The van der Waals surface area contributed by atoms with Gasteiger partial charge in [0.2, 0.25) is 0 Å². The average Bonchev–Trinajstić information content (AvgIpc) is 2.12. The van der Waals surface area contributed by atoms with E-state index < -0.39 is 5.82 Å². The second kappa shape index (κ2) is 4.54. The zero-order valence-corrected chi connectivity index (χ0v) is 7.37. The molecule has 3 nitrogen and oxygen atoms in total. The third kappa shape index (κ3) is 2.50. The minimum Gasteiger partial charge on any atom is -0.411 e. The van der Waals surface area contributed by atoms with E-state index >= 15 is 0 Å². The summed E-state index contributed by atoms with van der Waals surface area (Å²) in [4.78, 5) is 3.97. The van der Waals surface area contributed by atoms with Crippen LogP contribution in [0.1, 0.15) is 24.7 Å². The van der Waals surface area contributed by atoms with Crippen molar-refractivity contribution >= 4 is 6.21 Å². The quantitative estimate of drug-likeness (QED) is 0.441. The summed E-state index contributed by atoms with van der Waals surface area (Å²) >= 11 is 0. The van der Waals surface area contributed by atoms with Crippen LogP contribution in [0, 0.1) is 5.82 Å². The average molecular weight is 182 g/mol. The van der Waals surface area contributed by atoms with Gasteiger partial charge in [0.1, 0.15) is 5.69 Å². The van der Waals surface area contributed by atoms with E-state index in [4.69, 9.17) is 5.21 Å².